The molecule has 0 saturated heterocycles. The fraction of sp³-hybridized carbons (Fsp3) is 0.350. The lowest BCUT2D eigenvalue weighted by atomic mass is 10.1. The number of pyridine rings is 1. The molecule has 0 N–H and O–H groups in total. The van der Waals surface area contributed by atoms with Crippen molar-refractivity contribution in [1.29, 1.82) is 0 Å². The van der Waals surface area contributed by atoms with Crippen LogP contribution in [0.4, 0.5) is 0 Å². The Balaban J connectivity index is 2.06. The van der Waals surface area contributed by atoms with Crippen LogP contribution < -0.4 is 0 Å². The molecule has 9 heteroatoms. The molecule has 0 aliphatic carbocycles. The lowest BCUT2D eigenvalue weighted by molar-refractivity contribution is -0.131. The quantitative estimate of drug-likeness (QED) is 0.647. The number of carbonyl (C=O) groups excluding carboxylic acids is 2. The summed E-state index contributed by atoms with van der Waals surface area (Å²) < 4.78 is 26.2. The predicted molar refractivity (Wildman–Crippen MR) is 110 cm³/mol. The molecule has 0 saturated carbocycles. The van der Waals surface area contributed by atoms with Gasteiger partial charge in [0.25, 0.3) is 5.91 Å². The summed E-state index contributed by atoms with van der Waals surface area (Å²) in [7, 11) is 0.949. The van der Waals surface area contributed by atoms with Crippen LogP contribution >= 0.6 is 0 Å². The van der Waals surface area contributed by atoms with E-state index >= 15 is 0 Å². The molecular weight excluding hydrogens is 392 g/mol. The fourth-order valence-electron chi connectivity index (χ4n) is 2.66. The Hall–Kier alpha value is -2.78. The smallest absolute Gasteiger partial charge is 0.253 e. The highest BCUT2D eigenvalue weighted by Crippen LogP contribution is 2.14. The van der Waals surface area contributed by atoms with Gasteiger partial charge in [0.2, 0.25) is 15.9 Å². The van der Waals surface area contributed by atoms with Crippen molar-refractivity contribution in [3.63, 3.8) is 0 Å². The minimum atomic E-state index is -3.79. The first-order valence-electron chi connectivity index (χ1n) is 9.11. The van der Waals surface area contributed by atoms with Gasteiger partial charge in [0.05, 0.1) is 6.54 Å². The largest absolute Gasteiger partial charge is 0.345 e. The first-order chi connectivity index (χ1) is 13.7. The minimum Gasteiger partial charge on any atom is -0.345 e. The van der Waals surface area contributed by atoms with Crippen LogP contribution in [0.1, 0.15) is 22.8 Å². The van der Waals surface area contributed by atoms with Crippen LogP contribution in [0.25, 0.3) is 0 Å². The maximum Gasteiger partial charge on any atom is 0.253 e. The van der Waals surface area contributed by atoms with Gasteiger partial charge in [0, 0.05) is 52.2 Å². The summed E-state index contributed by atoms with van der Waals surface area (Å²) in [5.74, 6) is -0.405. The molecule has 2 aromatic rings. The van der Waals surface area contributed by atoms with Gasteiger partial charge in [-0.3, -0.25) is 14.6 Å². The maximum atomic E-state index is 12.7. The van der Waals surface area contributed by atoms with Gasteiger partial charge >= 0.3 is 0 Å². The van der Waals surface area contributed by atoms with Crippen molar-refractivity contribution in [2.75, 3.05) is 34.2 Å². The van der Waals surface area contributed by atoms with Gasteiger partial charge in [-0.15, -0.1) is 0 Å². The van der Waals surface area contributed by atoms with Gasteiger partial charge in [0.1, 0.15) is 4.90 Å². The molecule has 0 bridgehead atoms. The van der Waals surface area contributed by atoms with Crippen molar-refractivity contribution in [2.45, 2.75) is 18.4 Å². The molecule has 1 heterocycles. The molecule has 29 heavy (non-hydrogen) atoms. The third kappa shape index (κ3) is 5.61. The van der Waals surface area contributed by atoms with Crippen molar-refractivity contribution in [3.8, 4) is 0 Å². The number of likely N-dealkylation sites (N-methyl/N-ethyl adjacent to an activating group) is 2. The number of hydrogen-bond donors (Lipinski definition) is 0. The highest BCUT2D eigenvalue weighted by molar-refractivity contribution is 7.89. The van der Waals surface area contributed by atoms with Crippen molar-refractivity contribution in [2.24, 2.45) is 0 Å². The second kappa shape index (κ2) is 9.62. The number of amides is 2. The Bertz CT molecular complexity index is 944. The maximum absolute atomic E-state index is 12.7. The van der Waals surface area contributed by atoms with Crippen LogP contribution in [-0.4, -0.2) is 73.6 Å². The summed E-state index contributed by atoms with van der Waals surface area (Å²) in [4.78, 5) is 31.6. The van der Waals surface area contributed by atoms with Crippen molar-refractivity contribution in [3.05, 3.63) is 59.9 Å². The molecule has 2 amide bonds. The van der Waals surface area contributed by atoms with Gasteiger partial charge < -0.3 is 9.80 Å². The van der Waals surface area contributed by atoms with Crippen LogP contribution in [0, 0.1) is 0 Å². The SMILES string of the molecule is CCN(Cc1ccc(C(=O)N(C)C)cc1)C(=O)CN(C)S(=O)(=O)c1cccnc1. The standard InChI is InChI=1S/C20H26N4O4S/c1-5-24(14-16-8-10-17(11-9-16)20(26)22(2)3)19(25)15-23(4)29(27,28)18-7-6-12-21-13-18/h6-13H,5,14-15H2,1-4H3. The molecule has 0 unspecified atom stereocenters. The van der Waals surface area contributed by atoms with Crippen molar-refractivity contribution >= 4 is 21.8 Å². The Labute approximate surface area is 171 Å². The lowest BCUT2D eigenvalue weighted by Crippen LogP contribution is -2.40. The fourth-order valence-corrected chi connectivity index (χ4v) is 3.75. The Morgan fingerprint density at radius 3 is 2.21 bits per heavy atom. The van der Waals surface area contributed by atoms with Gasteiger partial charge in [0.15, 0.2) is 0 Å². The summed E-state index contributed by atoms with van der Waals surface area (Å²) >= 11 is 0. The van der Waals surface area contributed by atoms with E-state index in [0.717, 1.165) is 9.87 Å². The van der Waals surface area contributed by atoms with E-state index in [9.17, 15) is 18.0 Å². The van der Waals surface area contributed by atoms with E-state index < -0.39 is 10.0 Å². The molecule has 0 aliphatic heterocycles. The first-order valence-corrected chi connectivity index (χ1v) is 10.6. The van der Waals surface area contributed by atoms with E-state index in [-0.39, 0.29) is 23.3 Å². The van der Waals surface area contributed by atoms with E-state index in [4.69, 9.17) is 0 Å². The van der Waals surface area contributed by atoms with Gasteiger partial charge in [-0.1, -0.05) is 12.1 Å². The van der Waals surface area contributed by atoms with Crippen LogP contribution in [0.3, 0.4) is 0 Å². The molecule has 0 aliphatic rings. The number of rotatable bonds is 8. The number of aromatic nitrogens is 1. The van der Waals surface area contributed by atoms with E-state index in [1.165, 1.54) is 36.5 Å². The number of carbonyl (C=O) groups is 2. The Kier molecular flexibility index (Phi) is 7.46. The molecule has 156 valence electrons. The number of sulfonamides is 1. The summed E-state index contributed by atoms with van der Waals surface area (Å²) in [5.41, 5.74) is 1.42. The van der Waals surface area contributed by atoms with Crippen LogP contribution in [0.15, 0.2) is 53.7 Å². The highest BCUT2D eigenvalue weighted by Gasteiger charge is 2.25. The first kappa shape index (κ1) is 22.5. The van der Waals surface area contributed by atoms with E-state index in [0.29, 0.717) is 18.7 Å². The van der Waals surface area contributed by atoms with Crippen LogP contribution in [0.2, 0.25) is 0 Å². The molecule has 0 radical (unpaired) electrons. The molecular formula is C20H26N4O4S. The van der Waals surface area contributed by atoms with Gasteiger partial charge in [-0.05, 0) is 36.8 Å². The average molecular weight is 419 g/mol. The molecule has 1 aromatic heterocycles. The molecule has 1 aromatic carbocycles. The van der Waals surface area contributed by atoms with E-state index in [2.05, 4.69) is 4.98 Å². The van der Waals surface area contributed by atoms with Crippen molar-refractivity contribution in [1.82, 2.24) is 19.1 Å². The third-order valence-electron chi connectivity index (χ3n) is 4.42. The van der Waals surface area contributed by atoms with Gasteiger partial charge in [-0.25, -0.2) is 8.42 Å². The number of nitrogens with zero attached hydrogens (tertiary/aromatic N) is 4. The second-order valence-electron chi connectivity index (χ2n) is 6.75. The Morgan fingerprint density at radius 2 is 1.69 bits per heavy atom. The Morgan fingerprint density at radius 1 is 1.03 bits per heavy atom. The van der Waals surface area contributed by atoms with E-state index in [1.54, 1.807) is 43.3 Å². The van der Waals surface area contributed by atoms with Crippen molar-refractivity contribution < 1.29 is 18.0 Å². The number of hydrogen-bond acceptors (Lipinski definition) is 5. The van der Waals surface area contributed by atoms with E-state index in [1.807, 2.05) is 6.92 Å². The topological polar surface area (TPSA) is 90.9 Å². The van der Waals surface area contributed by atoms with Crippen LogP contribution in [-0.2, 0) is 21.4 Å². The average Bonchev–Trinajstić information content (AvgIpc) is 2.72. The summed E-state index contributed by atoms with van der Waals surface area (Å²) in [6.07, 6.45) is 2.74. The summed E-state index contributed by atoms with van der Waals surface area (Å²) in [6, 6.07) is 10.00. The zero-order valence-corrected chi connectivity index (χ0v) is 17.9. The zero-order valence-electron chi connectivity index (χ0n) is 17.1. The predicted octanol–water partition coefficient (Wildman–Crippen LogP) is 1.45. The zero-order chi connectivity index (χ0) is 21.6. The monoisotopic (exact) mass is 418 g/mol. The molecule has 2 rings (SSSR count). The minimum absolute atomic E-state index is 0.0412. The molecule has 8 nitrogen and oxygen atoms in total. The van der Waals surface area contributed by atoms with Crippen LogP contribution in [0.5, 0.6) is 0 Å². The lowest BCUT2D eigenvalue weighted by Gasteiger charge is -2.24. The summed E-state index contributed by atoms with van der Waals surface area (Å²) in [6.45, 7) is 2.31. The molecule has 0 atom stereocenters. The third-order valence-corrected chi connectivity index (χ3v) is 6.20. The summed E-state index contributed by atoms with van der Waals surface area (Å²) in [5, 5.41) is 0. The normalized spacial score (nSPS) is 11.3. The van der Waals surface area contributed by atoms with Gasteiger partial charge in [-0.2, -0.15) is 4.31 Å². The number of benzene rings is 1. The molecule has 0 fully saturated rings. The second-order valence-corrected chi connectivity index (χ2v) is 8.80. The highest BCUT2D eigenvalue weighted by atomic mass is 32.2. The molecule has 0 spiro atoms.